The molecule has 0 bridgehead atoms. The summed E-state index contributed by atoms with van der Waals surface area (Å²) in [7, 11) is 0. The molecule has 3 nitrogen and oxygen atoms in total. The highest BCUT2D eigenvalue weighted by Crippen LogP contribution is 2.19. The van der Waals surface area contributed by atoms with Crippen molar-refractivity contribution in [2.24, 2.45) is 0 Å². The van der Waals surface area contributed by atoms with Crippen LogP contribution in [0.5, 0.6) is 0 Å². The first-order valence-electron chi connectivity index (χ1n) is 5.54. The van der Waals surface area contributed by atoms with Crippen LogP contribution in [0.1, 0.15) is 18.9 Å². The van der Waals surface area contributed by atoms with E-state index in [1.165, 1.54) is 0 Å². The second kappa shape index (κ2) is 6.74. The maximum Gasteiger partial charge on any atom is 0.0443 e. The van der Waals surface area contributed by atoms with E-state index in [2.05, 4.69) is 11.8 Å². The quantitative estimate of drug-likeness (QED) is 0.752. The largest absolute Gasteiger partial charge is 0.398 e. The van der Waals surface area contributed by atoms with Crippen LogP contribution < -0.4 is 5.73 Å². The Morgan fingerprint density at radius 1 is 1.44 bits per heavy atom. The number of nitrogens with two attached hydrogens (primary N) is 1. The summed E-state index contributed by atoms with van der Waals surface area (Å²) in [5, 5.41) is 9.47. The van der Waals surface area contributed by atoms with Crippen molar-refractivity contribution in [1.29, 1.82) is 0 Å². The maximum atomic E-state index is 8.80. The van der Waals surface area contributed by atoms with Gasteiger partial charge in [-0.1, -0.05) is 24.6 Å². The molecule has 16 heavy (non-hydrogen) atoms. The van der Waals surface area contributed by atoms with Gasteiger partial charge in [-0.2, -0.15) is 0 Å². The van der Waals surface area contributed by atoms with Gasteiger partial charge in [0.1, 0.15) is 0 Å². The van der Waals surface area contributed by atoms with E-state index < -0.39 is 0 Å². The summed E-state index contributed by atoms with van der Waals surface area (Å²) in [6.45, 7) is 4.96. The molecule has 0 unspecified atom stereocenters. The van der Waals surface area contributed by atoms with Gasteiger partial charge in [-0.3, -0.25) is 4.90 Å². The van der Waals surface area contributed by atoms with Crippen LogP contribution in [0.4, 0.5) is 5.69 Å². The van der Waals surface area contributed by atoms with Gasteiger partial charge in [-0.25, -0.2) is 0 Å². The highest BCUT2D eigenvalue weighted by molar-refractivity contribution is 6.30. The number of hydrogen-bond donors (Lipinski definition) is 2. The van der Waals surface area contributed by atoms with Gasteiger partial charge in [0.15, 0.2) is 0 Å². The average molecular weight is 243 g/mol. The van der Waals surface area contributed by atoms with Gasteiger partial charge in [0.2, 0.25) is 0 Å². The van der Waals surface area contributed by atoms with E-state index >= 15 is 0 Å². The molecule has 0 amide bonds. The van der Waals surface area contributed by atoms with Crippen LogP contribution in [-0.2, 0) is 6.54 Å². The Morgan fingerprint density at radius 3 is 2.75 bits per heavy atom. The zero-order valence-electron chi connectivity index (χ0n) is 9.62. The second-order valence-corrected chi connectivity index (χ2v) is 4.23. The molecule has 1 rings (SSSR count). The zero-order valence-corrected chi connectivity index (χ0v) is 10.4. The monoisotopic (exact) mass is 242 g/mol. The van der Waals surface area contributed by atoms with Crippen LogP contribution in [0.25, 0.3) is 0 Å². The topological polar surface area (TPSA) is 49.5 Å². The van der Waals surface area contributed by atoms with Gasteiger partial charge in [0, 0.05) is 30.4 Å². The minimum Gasteiger partial charge on any atom is -0.398 e. The third-order valence-corrected chi connectivity index (χ3v) is 2.82. The van der Waals surface area contributed by atoms with Crippen molar-refractivity contribution < 1.29 is 5.11 Å². The Kier molecular flexibility index (Phi) is 5.60. The van der Waals surface area contributed by atoms with Crippen molar-refractivity contribution in [3.63, 3.8) is 0 Å². The summed E-state index contributed by atoms with van der Waals surface area (Å²) >= 11 is 5.84. The average Bonchev–Trinajstić information content (AvgIpc) is 2.27. The Balaban J connectivity index is 2.62. The molecule has 4 heteroatoms. The number of aliphatic hydroxyl groups is 1. The van der Waals surface area contributed by atoms with E-state index in [0.717, 1.165) is 37.3 Å². The number of aliphatic hydroxyl groups excluding tert-OH is 1. The molecule has 0 radical (unpaired) electrons. The first kappa shape index (κ1) is 13.3. The van der Waals surface area contributed by atoms with Gasteiger partial charge in [0.25, 0.3) is 0 Å². The third-order valence-electron chi connectivity index (χ3n) is 2.58. The minimum atomic E-state index is 0.229. The van der Waals surface area contributed by atoms with Crippen molar-refractivity contribution in [3.05, 3.63) is 28.8 Å². The highest BCUT2D eigenvalue weighted by atomic mass is 35.5. The van der Waals surface area contributed by atoms with E-state index in [1.54, 1.807) is 6.07 Å². The summed E-state index contributed by atoms with van der Waals surface area (Å²) in [4.78, 5) is 2.25. The molecule has 0 fully saturated rings. The predicted octanol–water partition coefficient (Wildman–Crippen LogP) is 2.13. The van der Waals surface area contributed by atoms with Crippen molar-refractivity contribution in [2.45, 2.75) is 19.9 Å². The Bertz CT molecular complexity index is 331. The van der Waals surface area contributed by atoms with E-state index in [4.69, 9.17) is 22.4 Å². The van der Waals surface area contributed by atoms with E-state index in [9.17, 15) is 0 Å². The molecule has 0 atom stereocenters. The summed E-state index contributed by atoms with van der Waals surface area (Å²) < 4.78 is 0. The van der Waals surface area contributed by atoms with E-state index in [-0.39, 0.29) is 6.61 Å². The smallest absolute Gasteiger partial charge is 0.0443 e. The maximum absolute atomic E-state index is 8.80. The van der Waals surface area contributed by atoms with Crippen molar-refractivity contribution in [3.8, 4) is 0 Å². The van der Waals surface area contributed by atoms with Gasteiger partial charge < -0.3 is 10.8 Å². The van der Waals surface area contributed by atoms with Gasteiger partial charge in [-0.05, 0) is 30.7 Å². The highest BCUT2D eigenvalue weighted by Gasteiger charge is 2.06. The Labute approximate surface area is 102 Å². The van der Waals surface area contributed by atoms with Crippen LogP contribution in [-0.4, -0.2) is 29.7 Å². The van der Waals surface area contributed by atoms with Gasteiger partial charge >= 0.3 is 0 Å². The lowest BCUT2D eigenvalue weighted by Crippen LogP contribution is -2.25. The molecule has 0 saturated carbocycles. The predicted molar refractivity (Wildman–Crippen MR) is 68.5 cm³/mol. The normalized spacial score (nSPS) is 11.0. The molecule has 0 saturated heterocycles. The fourth-order valence-electron chi connectivity index (χ4n) is 1.59. The number of anilines is 1. The van der Waals surface area contributed by atoms with Crippen LogP contribution in [0.15, 0.2) is 18.2 Å². The lowest BCUT2D eigenvalue weighted by molar-refractivity contribution is 0.225. The van der Waals surface area contributed by atoms with Crippen molar-refractivity contribution in [1.82, 2.24) is 4.90 Å². The first-order valence-corrected chi connectivity index (χ1v) is 5.92. The Morgan fingerprint density at radius 2 is 2.19 bits per heavy atom. The van der Waals surface area contributed by atoms with E-state index in [0.29, 0.717) is 5.02 Å². The first-order chi connectivity index (χ1) is 7.67. The van der Waals surface area contributed by atoms with Crippen LogP contribution in [0.3, 0.4) is 0 Å². The molecule has 0 heterocycles. The molecule has 1 aromatic carbocycles. The lowest BCUT2D eigenvalue weighted by Gasteiger charge is -2.20. The summed E-state index contributed by atoms with van der Waals surface area (Å²) in [5.74, 6) is 0. The fraction of sp³-hybridized carbons (Fsp3) is 0.500. The molecule has 0 aromatic heterocycles. The summed E-state index contributed by atoms with van der Waals surface area (Å²) in [5.41, 5.74) is 7.71. The standard InChI is InChI=1S/C12H19ClN2O/c1-2-15(6-3-7-16)9-10-4-5-11(13)8-12(10)14/h4-5,8,16H,2-3,6-7,9,14H2,1H3. The molecule has 0 spiro atoms. The van der Waals surface area contributed by atoms with Gasteiger partial charge in [0.05, 0.1) is 0 Å². The molecule has 3 N–H and O–H groups in total. The minimum absolute atomic E-state index is 0.229. The third kappa shape index (κ3) is 4.00. The Hall–Kier alpha value is -0.770. The molecule has 0 aliphatic heterocycles. The van der Waals surface area contributed by atoms with Crippen LogP contribution in [0.2, 0.25) is 5.02 Å². The van der Waals surface area contributed by atoms with E-state index in [1.807, 2.05) is 12.1 Å². The summed E-state index contributed by atoms with van der Waals surface area (Å²) in [6.07, 6.45) is 0.793. The number of rotatable bonds is 6. The second-order valence-electron chi connectivity index (χ2n) is 3.79. The number of hydrogen-bond acceptors (Lipinski definition) is 3. The van der Waals surface area contributed by atoms with Crippen LogP contribution in [0, 0.1) is 0 Å². The number of benzene rings is 1. The molecule has 90 valence electrons. The van der Waals surface area contributed by atoms with Crippen molar-refractivity contribution >= 4 is 17.3 Å². The number of nitrogen functional groups attached to an aromatic ring is 1. The summed E-state index contributed by atoms with van der Waals surface area (Å²) in [6, 6.07) is 5.59. The molecular weight excluding hydrogens is 224 g/mol. The molecule has 0 aliphatic rings. The fourth-order valence-corrected chi connectivity index (χ4v) is 1.77. The lowest BCUT2D eigenvalue weighted by atomic mass is 10.1. The van der Waals surface area contributed by atoms with Crippen LogP contribution >= 0.6 is 11.6 Å². The molecule has 0 aliphatic carbocycles. The number of halogens is 1. The molecule has 1 aromatic rings. The van der Waals surface area contributed by atoms with Gasteiger partial charge in [-0.15, -0.1) is 0 Å². The number of nitrogens with zero attached hydrogens (tertiary/aromatic N) is 1. The van der Waals surface area contributed by atoms with Crippen molar-refractivity contribution in [2.75, 3.05) is 25.4 Å². The molecular formula is C12H19ClN2O. The zero-order chi connectivity index (χ0) is 12.0. The SMILES string of the molecule is CCN(CCCO)Cc1ccc(Cl)cc1N.